The molecule has 2 rings (SSSR count). The van der Waals surface area contributed by atoms with Crippen LogP contribution in [0.15, 0.2) is 29.4 Å². The Morgan fingerprint density at radius 1 is 1.52 bits per heavy atom. The molecule has 0 saturated carbocycles. The van der Waals surface area contributed by atoms with Crippen LogP contribution in [0, 0.1) is 0 Å². The quantitative estimate of drug-likeness (QED) is 0.601. The SMILES string of the molecule is CCOC(=O)C1CC(C(F)(F)F)=NN1c1cccc(CNB(C)O)c1. The molecule has 1 aliphatic heterocycles. The number of hydrazone groups is 1. The minimum atomic E-state index is -4.61. The van der Waals surface area contributed by atoms with Gasteiger partial charge in [-0.25, -0.2) is 4.79 Å². The third-order valence-corrected chi connectivity index (χ3v) is 3.57. The first-order valence-electron chi connectivity index (χ1n) is 7.83. The number of rotatable bonds is 6. The van der Waals surface area contributed by atoms with Crippen LogP contribution in [0.3, 0.4) is 0 Å². The largest absolute Gasteiger partial charge is 0.464 e. The maximum absolute atomic E-state index is 13.0. The summed E-state index contributed by atoms with van der Waals surface area (Å²) in [6, 6.07) is 5.43. The summed E-state index contributed by atoms with van der Waals surface area (Å²) in [7, 11) is -0.724. The molecular formula is C15H19BF3N3O3. The zero-order valence-corrected chi connectivity index (χ0v) is 13.9. The van der Waals surface area contributed by atoms with Gasteiger partial charge in [0.15, 0.2) is 6.04 Å². The van der Waals surface area contributed by atoms with Crippen molar-refractivity contribution in [1.29, 1.82) is 0 Å². The summed E-state index contributed by atoms with van der Waals surface area (Å²) < 4.78 is 43.9. The lowest BCUT2D eigenvalue weighted by atomic mass is 9.88. The van der Waals surface area contributed by atoms with E-state index in [9.17, 15) is 23.0 Å². The molecule has 1 unspecified atom stereocenters. The average Bonchev–Trinajstić information content (AvgIpc) is 2.99. The van der Waals surface area contributed by atoms with E-state index in [0.717, 1.165) is 10.6 Å². The van der Waals surface area contributed by atoms with Crippen LogP contribution in [0.4, 0.5) is 18.9 Å². The zero-order chi connectivity index (χ0) is 18.6. The van der Waals surface area contributed by atoms with E-state index < -0.39 is 37.4 Å². The average molecular weight is 357 g/mol. The Bertz CT molecular complexity index is 652. The number of esters is 1. The summed E-state index contributed by atoms with van der Waals surface area (Å²) in [5, 5.41) is 16.7. The summed E-state index contributed by atoms with van der Waals surface area (Å²) in [4.78, 5) is 12.1. The van der Waals surface area contributed by atoms with Crippen LogP contribution in [0.5, 0.6) is 0 Å². The number of carbonyl (C=O) groups is 1. The van der Waals surface area contributed by atoms with Gasteiger partial charge in [-0.15, -0.1) is 0 Å². The molecule has 136 valence electrons. The van der Waals surface area contributed by atoms with E-state index in [1.165, 1.54) is 0 Å². The molecule has 0 aromatic heterocycles. The number of alkyl halides is 3. The Labute approximate surface area is 143 Å². The van der Waals surface area contributed by atoms with Crippen molar-refractivity contribution in [2.24, 2.45) is 5.10 Å². The highest BCUT2D eigenvalue weighted by atomic mass is 19.4. The Hall–Kier alpha value is -2.07. The lowest BCUT2D eigenvalue weighted by Crippen LogP contribution is -2.36. The van der Waals surface area contributed by atoms with Gasteiger partial charge in [0.25, 0.3) is 0 Å². The summed E-state index contributed by atoms with van der Waals surface area (Å²) >= 11 is 0. The molecule has 0 aliphatic carbocycles. The normalized spacial score (nSPS) is 17.4. The molecule has 0 fully saturated rings. The van der Waals surface area contributed by atoms with Gasteiger partial charge in [-0.2, -0.15) is 18.3 Å². The number of nitrogens with zero attached hydrogens (tertiary/aromatic N) is 2. The lowest BCUT2D eigenvalue weighted by molar-refractivity contribution is -0.144. The number of hydrogen-bond acceptors (Lipinski definition) is 6. The molecule has 1 atom stereocenters. The highest BCUT2D eigenvalue weighted by molar-refractivity contribution is 6.45. The number of benzene rings is 1. The minimum absolute atomic E-state index is 0.0723. The highest BCUT2D eigenvalue weighted by Crippen LogP contribution is 2.32. The number of hydrogen-bond donors (Lipinski definition) is 2. The lowest BCUT2D eigenvalue weighted by Gasteiger charge is -2.22. The molecule has 10 heteroatoms. The van der Waals surface area contributed by atoms with Crippen molar-refractivity contribution >= 4 is 24.4 Å². The van der Waals surface area contributed by atoms with Gasteiger partial charge in [0.2, 0.25) is 0 Å². The van der Waals surface area contributed by atoms with Crippen LogP contribution in [0.2, 0.25) is 6.82 Å². The van der Waals surface area contributed by atoms with Crippen molar-refractivity contribution < 1.29 is 27.7 Å². The van der Waals surface area contributed by atoms with E-state index in [4.69, 9.17) is 4.74 Å². The Kier molecular flexibility index (Phi) is 6.07. The molecule has 1 aromatic rings. The predicted octanol–water partition coefficient (Wildman–Crippen LogP) is 1.95. The molecule has 1 aromatic carbocycles. The van der Waals surface area contributed by atoms with Gasteiger partial charge in [-0.1, -0.05) is 12.1 Å². The number of ether oxygens (including phenoxy) is 1. The van der Waals surface area contributed by atoms with Gasteiger partial charge >= 0.3 is 19.2 Å². The van der Waals surface area contributed by atoms with Crippen LogP contribution in [0.25, 0.3) is 0 Å². The maximum atomic E-state index is 13.0. The van der Waals surface area contributed by atoms with Crippen LogP contribution < -0.4 is 10.2 Å². The molecule has 2 N–H and O–H groups in total. The minimum Gasteiger partial charge on any atom is -0.464 e. The summed E-state index contributed by atoms with van der Waals surface area (Å²) in [5.41, 5.74) is 0.0666. The van der Waals surface area contributed by atoms with Crippen LogP contribution in [0.1, 0.15) is 18.9 Å². The number of nitrogens with one attached hydrogen (secondary N) is 1. The van der Waals surface area contributed by atoms with E-state index >= 15 is 0 Å². The molecule has 0 amide bonds. The Balaban J connectivity index is 2.29. The van der Waals surface area contributed by atoms with Gasteiger partial charge < -0.3 is 15.0 Å². The van der Waals surface area contributed by atoms with E-state index in [0.29, 0.717) is 12.2 Å². The van der Waals surface area contributed by atoms with Crippen molar-refractivity contribution in [2.45, 2.75) is 38.9 Å². The molecule has 0 bridgehead atoms. The summed E-state index contributed by atoms with van der Waals surface area (Å²) in [5.74, 6) is -0.752. The second kappa shape index (κ2) is 7.88. The van der Waals surface area contributed by atoms with Gasteiger partial charge in [0.1, 0.15) is 5.71 Å². The number of carbonyl (C=O) groups excluding carboxylic acids is 1. The molecule has 1 aliphatic rings. The smallest absolute Gasteiger partial charge is 0.431 e. The summed E-state index contributed by atoms with van der Waals surface area (Å²) in [6.45, 7) is 3.54. The van der Waals surface area contributed by atoms with E-state index in [2.05, 4.69) is 10.3 Å². The molecule has 6 nitrogen and oxygen atoms in total. The van der Waals surface area contributed by atoms with E-state index in [1.807, 2.05) is 0 Å². The first-order valence-corrected chi connectivity index (χ1v) is 7.83. The fourth-order valence-electron chi connectivity index (χ4n) is 2.42. The van der Waals surface area contributed by atoms with Crippen LogP contribution in [-0.4, -0.2) is 42.6 Å². The first kappa shape index (κ1) is 19.3. The Morgan fingerprint density at radius 2 is 2.24 bits per heavy atom. The molecule has 0 spiro atoms. The number of halogens is 3. The van der Waals surface area contributed by atoms with Crippen molar-refractivity contribution in [1.82, 2.24) is 5.23 Å². The fourth-order valence-corrected chi connectivity index (χ4v) is 2.42. The monoisotopic (exact) mass is 357 g/mol. The molecule has 0 saturated heterocycles. The number of anilines is 1. The van der Waals surface area contributed by atoms with Crippen molar-refractivity contribution in [3.05, 3.63) is 29.8 Å². The second-order valence-electron chi connectivity index (χ2n) is 5.59. The van der Waals surface area contributed by atoms with E-state index in [1.54, 1.807) is 38.0 Å². The van der Waals surface area contributed by atoms with Crippen LogP contribution in [-0.2, 0) is 16.1 Å². The summed E-state index contributed by atoms with van der Waals surface area (Å²) in [6.07, 6.45) is -5.16. The zero-order valence-electron chi connectivity index (χ0n) is 13.9. The van der Waals surface area contributed by atoms with Gasteiger partial charge in [-0.05, 0) is 31.4 Å². The molecule has 25 heavy (non-hydrogen) atoms. The van der Waals surface area contributed by atoms with E-state index in [-0.39, 0.29) is 6.61 Å². The highest BCUT2D eigenvalue weighted by Gasteiger charge is 2.46. The topological polar surface area (TPSA) is 74.2 Å². The Morgan fingerprint density at radius 3 is 2.84 bits per heavy atom. The molecule has 0 radical (unpaired) electrons. The van der Waals surface area contributed by atoms with Crippen molar-refractivity contribution in [2.75, 3.05) is 11.6 Å². The first-order chi connectivity index (χ1) is 11.7. The molecule has 1 heterocycles. The van der Waals surface area contributed by atoms with Crippen molar-refractivity contribution in [3.8, 4) is 0 Å². The third-order valence-electron chi connectivity index (χ3n) is 3.57. The van der Waals surface area contributed by atoms with Gasteiger partial charge in [0.05, 0.1) is 12.3 Å². The molecular weight excluding hydrogens is 338 g/mol. The fraction of sp³-hybridized carbons (Fsp3) is 0.467. The standard InChI is InChI=1S/C15H19BF3N3O3/c1-3-25-14(23)12-8-13(15(17,18)19)21-22(12)11-6-4-5-10(7-11)9-20-16(2)24/h4-7,12,20,24H,3,8-9H2,1-2H3. The maximum Gasteiger partial charge on any atom is 0.431 e. The van der Waals surface area contributed by atoms with Crippen molar-refractivity contribution in [3.63, 3.8) is 0 Å². The predicted molar refractivity (Wildman–Crippen MR) is 88.1 cm³/mol. The third kappa shape index (κ3) is 4.96. The van der Waals surface area contributed by atoms with Crippen LogP contribution >= 0.6 is 0 Å². The van der Waals surface area contributed by atoms with Gasteiger partial charge in [0, 0.05) is 13.0 Å². The van der Waals surface area contributed by atoms with Gasteiger partial charge in [-0.3, -0.25) is 5.01 Å². The second-order valence-corrected chi connectivity index (χ2v) is 5.59.